The summed E-state index contributed by atoms with van der Waals surface area (Å²) in [6.07, 6.45) is 3.85. The van der Waals surface area contributed by atoms with Crippen LogP contribution in [-0.4, -0.2) is 18.9 Å². The van der Waals surface area contributed by atoms with E-state index in [-0.39, 0.29) is 0 Å². The number of nitrogens with zero attached hydrogens (tertiary/aromatic N) is 2. The van der Waals surface area contributed by atoms with Crippen molar-refractivity contribution >= 4 is 18.9 Å². The van der Waals surface area contributed by atoms with E-state index < -0.39 is 0 Å². The zero-order chi connectivity index (χ0) is 7.54. The summed E-state index contributed by atoms with van der Waals surface area (Å²) < 4.78 is 0. The van der Waals surface area contributed by atoms with Gasteiger partial charge in [0.2, 0.25) is 0 Å². The first-order valence-corrected chi connectivity index (χ1v) is 2.90. The summed E-state index contributed by atoms with van der Waals surface area (Å²) in [5, 5.41) is 6.38. The maximum Gasteiger partial charge on any atom is 0.116 e. The van der Waals surface area contributed by atoms with E-state index >= 15 is 0 Å². The molecule has 0 aliphatic carbocycles. The Balaban J connectivity index is 0. The fourth-order valence-electron chi connectivity index (χ4n) is 0.138. The third-order valence-corrected chi connectivity index (χ3v) is 0.357. The molecule has 0 fully saturated rings. The lowest BCUT2D eigenvalue weighted by Crippen LogP contribution is -1.65. The van der Waals surface area contributed by atoms with Crippen molar-refractivity contribution < 1.29 is 0 Å². The van der Waals surface area contributed by atoms with Gasteiger partial charge in [-0.2, -0.15) is 0 Å². The second-order valence-corrected chi connectivity index (χ2v) is 0.801. The van der Waals surface area contributed by atoms with E-state index in [0.717, 1.165) is 6.34 Å². The maximum atomic E-state index is 6.38. The molecule has 0 aliphatic heterocycles. The molecule has 0 amide bonds. The summed E-state index contributed by atoms with van der Waals surface area (Å²) in [6.45, 7) is 5.79. The van der Waals surface area contributed by atoms with Crippen LogP contribution in [0.5, 0.6) is 0 Å². The van der Waals surface area contributed by atoms with Gasteiger partial charge in [0.25, 0.3) is 0 Å². The number of aliphatic imine (C=N–C) groups is 2. The molecule has 0 saturated heterocycles. The first kappa shape index (κ1) is 10.9. The van der Waals surface area contributed by atoms with Crippen molar-refractivity contribution in [2.75, 3.05) is 0 Å². The Kier molecular flexibility index (Phi) is 19.1. The molecular weight excluding hydrogens is 114 g/mol. The summed E-state index contributed by atoms with van der Waals surface area (Å²) >= 11 is 0. The molecule has 0 atom stereocenters. The third kappa shape index (κ3) is 19.4. The monoisotopic (exact) mass is 127 g/mol. The summed E-state index contributed by atoms with van der Waals surface area (Å²) in [5.41, 5.74) is 0. The van der Waals surface area contributed by atoms with Crippen LogP contribution in [-0.2, 0) is 0 Å². The number of hydrogen-bond donors (Lipinski definition) is 1. The van der Waals surface area contributed by atoms with Gasteiger partial charge in [-0.05, 0) is 6.92 Å². The molecule has 0 saturated carbocycles. The van der Waals surface area contributed by atoms with Crippen molar-refractivity contribution in [1.82, 2.24) is 0 Å². The van der Waals surface area contributed by atoms with Crippen molar-refractivity contribution in [3.8, 4) is 0 Å². The van der Waals surface area contributed by atoms with E-state index in [1.165, 1.54) is 6.34 Å². The van der Waals surface area contributed by atoms with Crippen LogP contribution in [0.4, 0.5) is 0 Å². The molecule has 0 spiro atoms. The van der Waals surface area contributed by atoms with E-state index in [1.807, 2.05) is 13.8 Å². The molecule has 0 aromatic heterocycles. The SMILES string of the molecule is CC.CC=NC=NC=N. The Morgan fingerprint density at radius 3 is 2.11 bits per heavy atom. The summed E-state index contributed by atoms with van der Waals surface area (Å²) in [7, 11) is 0. The average Bonchev–Trinajstić information content (AvgIpc) is 1.94. The smallest absolute Gasteiger partial charge is 0.116 e. The van der Waals surface area contributed by atoms with Crippen LogP contribution < -0.4 is 0 Å². The van der Waals surface area contributed by atoms with Crippen LogP contribution in [0.25, 0.3) is 0 Å². The number of hydrogen-bond acceptors (Lipinski definition) is 1. The number of rotatable bonds is 2. The van der Waals surface area contributed by atoms with Crippen LogP contribution in [0.1, 0.15) is 20.8 Å². The van der Waals surface area contributed by atoms with Gasteiger partial charge < -0.3 is 0 Å². The van der Waals surface area contributed by atoms with Crippen molar-refractivity contribution in [3.05, 3.63) is 0 Å². The van der Waals surface area contributed by atoms with E-state index in [9.17, 15) is 0 Å². The zero-order valence-corrected chi connectivity index (χ0v) is 6.13. The fourth-order valence-corrected chi connectivity index (χ4v) is 0.138. The molecule has 0 heterocycles. The standard InChI is InChI=1S/C4H7N3.C2H6/c1-2-6-4-7-3-5;1-2/h2-5H,1H3;1-2H3. The van der Waals surface area contributed by atoms with Crippen molar-refractivity contribution in [3.63, 3.8) is 0 Å². The fraction of sp³-hybridized carbons (Fsp3) is 0.500. The molecule has 0 aromatic rings. The van der Waals surface area contributed by atoms with Gasteiger partial charge in [-0.25, -0.2) is 9.98 Å². The van der Waals surface area contributed by atoms with E-state index in [0.29, 0.717) is 0 Å². The van der Waals surface area contributed by atoms with Gasteiger partial charge in [-0.1, -0.05) is 13.8 Å². The van der Waals surface area contributed by atoms with Gasteiger partial charge in [-0.3, -0.25) is 5.41 Å². The highest BCUT2D eigenvalue weighted by atomic mass is 14.8. The molecule has 0 aromatic carbocycles. The lowest BCUT2D eigenvalue weighted by atomic mass is 10.9. The first-order valence-electron chi connectivity index (χ1n) is 2.90. The van der Waals surface area contributed by atoms with Crippen LogP contribution in [0.3, 0.4) is 0 Å². The average molecular weight is 127 g/mol. The number of nitrogens with one attached hydrogen (secondary N) is 1. The Hall–Kier alpha value is -0.990. The van der Waals surface area contributed by atoms with Gasteiger partial charge in [-0.15, -0.1) is 0 Å². The van der Waals surface area contributed by atoms with E-state index in [2.05, 4.69) is 9.98 Å². The van der Waals surface area contributed by atoms with Crippen molar-refractivity contribution in [1.29, 1.82) is 5.41 Å². The normalized spacial score (nSPS) is 9.22. The van der Waals surface area contributed by atoms with E-state index in [1.54, 1.807) is 13.1 Å². The predicted octanol–water partition coefficient (Wildman–Crippen LogP) is 1.74. The lowest BCUT2D eigenvalue weighted by Gasteiger charge is -1.66. The van der Waals surface area contributed by atoms with Gasteiger partial charge in [0.15, 0.2) is 0 Å². The topological polar surface area (TPSA) is 48.6 Å². The zero-order valence-electron chi connectivity index (χ0n) is 6.13. The third-order valence-electron chi connectivity index (χ3n) is 0.357. The summed E-state index contributed by atoms with van der Waals surface area (Å²) in [6, 6.07) is 0. The molecule has 52 valence electrons. The van der Waals surface area contributed by atoms with Crippen molar-refractivity contribution in [2.24, 2.45) is 9.98 Å². The minimum Gasteiger partial charge on any atom is -0.289 e. The molecule has 3 heteroatoms. The molecule has 0 radical (unpaired) electrons. The predicted molar refractivity (Wildman–Crippen MR) is 42.8 cm³/mol. The second kappa shape index (κ2) is 15.7. The Morgan fingerprint density at radius 1 is 1.22 bits per heavy atom. The molecule has 3 nitrogen and oxygen atoms in total. The molecule has 0 aliphatic rings. The highest BCUT2D eigenvalue weighted by molar-refractivity contribution is 5.76. The van der Waals surface area contributed by atoms with Gasteiger partial charge >= 0.3 is 0 Å². The highest BCUT2D eigenvalue weighted by Crippen LogP contribution is 1.55. The van der Waals surface area contributed by atoms with Crippen molar-refractivity contribution in [2.45, 2.75) is 20.8 Å². The van der Waals surface area contributed by atoms with Crippen LogP contribution in [0.15, 0.2) is 9.98 Å². The molecule has 0 unspecified atom stereocenters. The Labute approximate surface area is 56.0 Å². The lowest BCUT2D eigenvalue weighted by molar-refractivity contribution is 1.50. The quantitative estimate of drug-likeness (QED) is 0.434. The van der Waals surface area contributed by atoms with Crippen LogP contribution >= 0.6 is 0 Å². The minimum atomic E-state index is 0.938. The molecule has 9 heavy (non-hydrogen) atoms. The molecule has 0 rings (SSSR count). The van der Waals surface area contributed by atoms with Gasteiger partial charge in [0, 0.05) is 6.21 Å². The maximum absolute atomic E-state index is 6.38. The first-order chi connectivity index (χ1) is 4.41. The molecule has 1 N–H and O–H groups in total. The second-order valence-electron chi connectivity index (χ2n) is 0.801. The van der Waals surface area contributed by atoms with Gasteiger partial charge in [0.1, 0.15) is 12.7 Å². The highest BCUT2D eigenvalue weighted by Gasteiger charge is 1.53. The largest absolute Gasteiger partial charge is 0.289 e. The summed E-state index contributed by atoms with van der Waals surface area (Å²) in [4.78, 5) is 6.97. The van der Waals surface area contributed by atoms with Crippen LogP contribution in [0.2, 0.25) is 0 Å². The minimum absolute atomic E-state index is 0.938. The summed E-state index contributed by atoms with van der Waals surface area (Å²) in [5.74, 6) is 0. The molecular formula is C6H13N3. The van der Waals surface area contributed by atoms with Gasteiger partial charge in [0.05, 0.1) is 0 Å². The van der Waals surface area contributed by atoms with Crippen LogP contribution in [0, 0.1) is 5.41 Å². The Bertz CT molecular complexity index is 94.5. The van der Waals surface area contributed by atoms with E-state index in [4.69, 9.17) is 5.41 Å². The molecule has 0 bridgehead atoms. The Morgan fingerprint density at radius 2 is 1.78 bits per heavy atom.